The van der Waals surface area contributed by atoms with Crippen molar-refractivity contribution in [3.63, 3.8) is 0 Å². The Balaban J connectivity index is 1.98. The number of pyridine rings is 1. The predicted molar refractivity (Wildman–Crippen MR) is 75.4 cm³/mol. The summed E-state index contributed by atoms with van der Waals surface area (Å²) in [6.45, 7) is 2.05. The average molecular weight is 251 g/mol. The number of Topliss-reactive ketones (excluding diaryl/α,β-unsaturated/α-hetero) is 1. The maximum Gasteiger partial charge on any atom is 0.171 e. The quantitative estimate of drug-likeness (QED) is 0.762. The molecule has 0 N–H and O–H groups in total. The highest BCUT2D eigenvalue weighted by molar-refractivity contribution is 6.01. The normalized spacial score (nSPS) is 17.8. The smallest absolute Gasteiger partial charge is 0.171 e. The van der Waals surface area contributed by atoms with E-state index in [0.717, 1.165) is 30.5 Å². The van der Waals surface area contributed by atoms with Gasteiger partial charge >= 0.3 is 0 Å². The summed E-state index contributed by atoms with van der Waals surface area (Å²) in [5, 5.41) is 0. The first-order chi connectivity index (χ1) is 9.25. The first kappa shape index (κ1) is 12.1. The molecule has 1 aliphatic carbocycles. The van der Waals surface area contributed by atoms with E-state index < -0.39 is 0 Å². The Morgan fingerprint density at radius 3 is 2.84 bits per heavy atom. The summed E-state index contributed by atoms with van der Waals surface area (Å²) in [5.41, 5.74) is 4.21. The molecule has 1 atom stereocenters. The number of rotatable bonds is 2. The summed E-state index contributed by atoms with van der Waals surface area (Å²) in [6, 6.07) is 11.7. The molecule has 96 valence electrons. The van der Waals surface area contributed by atoms with E-state index in [1.165, 1.54) is 11.1 Å². The Labute approximate surface area is 113 Å². The molecular formula is C17H17NO. The topological polar surface area (TPSA) is 30.0 Å². The van der Waals surface area contributed by atoms with E-state index in [-0.39, 0.29) is 11.7 Å². The zero-order valence-corrected chi connectivity index (χ0v) is 11.1. The number of nitrogens with zero attached hydrogens (tertiary/aromatic N) is 1. The fourth-order valence-corrected chi connectivity index (χ4v) is 2.85. The summed E-state index contributed by atoms with van der Waals surface area (Å²) >= 11 is 0. The molecule has 0 radical (unpaired) electrons. The van der Waals surface area contributed by atoms with Crippen molar-refractivity contribution in [1.82, 2.24) is 4.98 Å². The van der Waals surface area contributed by atoms with Gasteiger partial charge in [0.15, 0.2) is 5.78 Å². The lowest BCUT2D eigenvalue weighted by Crippen LogP contribution is -2.20. The van der Waals surface area contributed by atoms with Crippen molar-refractivity contribution in [3.8, 4) is 0 Å². The van der Waals surface area contributed by atoms with Gasteiger partial charge < -0.3 is 0 Å². The molecule has 1 heterocycles. The van der Waals surface area contributed by atoms with Crippen LogP contribution in [0.4, 0.5) is 0 Å². The van der Waals surface area contributed by atoms with Gasteiger partial charge in [-0.05, 0) is 37.3 Å². The van der Waals surface area contributed by atoms with Crippen molar-refractivity contribution in [3.05, 3.63) is 65.0 Å². The molecule has 2 nitrogen and oxygen atoms in total. The summed E-state index contributed by atoms with van der Waals surface area (Å²) < 4.78 is 0. The first-order valence-corrected chi connectivity index (χ1v) is 6.80. The van der Waals surface area contributed by atoms with E-state index in [4.69, 9.17) is 0 Å². The summed E-state index contributed by atoms with van der Waals surface area (Å²) in [7, 11) is 0. The van der Waals surface area contributed by atoms with E-state index in [9.17, 15) is 4.79 Å². The number of hydrogen-bond donors (Lipinski definition) is 0. The van der Waals surface area contributed by atoms with Crippen LogP contribution in [0.3, 0.4) is 0 Å². The molecule has 1 aromatic carbocycles. The molecule has 0 bridgehead atoms. The Hall–Kier alpha value is -1.96. The SMILES string of the molecule is Cc1cnc2c(c1)CCCC2C(=O)c1ccccc1. The van der Waals surface area contributed by atoms with Crippen LogP contribution in [-0.2, 0) is 6.42 Å². The van der Waals surface area contributed by atoms with Crippen LogP contribution in [0.1, 0.15) is 45.9 Å². The van der Waals surface area contributed by atoms with Gasteiger partial charge in [-0.2, -0.15) is 0 Å². The van der Waals surface area contributed by atoms with Gasteiger partial charge in [-0.25, -0.2) is 0 Å². The van der Waals surface area contributed by atoms with Crippen LogP contribution < -0.4 is 0 Å². The monoisotopic (exact) mass is 251 g/mol. The molecule has 0 saturated carbocycles. The number of hydrogen-bond acceptors (Lipinski definition) is 2. The number of aromatic nitrogens is 1. The molecule has 0 fully saturated rings. The number of ketones is 1. The Bertz CT molecular complexity index is 604. The molecule has 2 heteroatoms. The molecule has 0 amide bonds. The molecule has 0 saturated heterocycles. The van der Waals surface area contributed by atoms with Crippen molar-refractivity contribution in [2.45, 2.75) is 32.1 Å². The Morgan fingerprint density at radius 2 is 2.05 bits per heavy atom. The number of aryl methyl sites for hydroxylation is 2. The molecular weight excluding hydrogens is 234 g/mol. The van der Waals surface area contributed by atoms with Crippen molar-refractivity contribution in [2.75, 3.05) is 0 Å². The zero-order valence-electron chi connectivity index (χ0n) is 11.1. The Kier molecular flexibility index (Phi) is 3.16. The molecule has 1 aliphatic rings. The van der Waals surface area contributed by atoms with Crippen LogP contribution in [-0.4, -0.2) is 10.8 Å². The molecule has 0 spiro atoms. The van der Waals surface area contributed by atoms with Crippen molar-refractivity contribution in [1.29, 1.82) is 0 Å². The second-order valence-electron chi connectivity index (χ2n) is 5.23. The average Bonchev–Trinajstić information content (AvgIpc) is 2.46. The predicted octanol–water partition coefficient (Wildman–Crippen LogP) is 3.69. The lowest BCUT2D eigenvalue weighted by Gasteiger charge is -2.23. The number of carbonyl (C=O) groups excluding carboxylic acids is 1. The van der Waals surface area contributed by atoms with Crippen LogP contribution in [0.5, 0.6) is 0 Å². The van der Waals surface area contributed by atoms with Crippen LogP contribution in [0.15, 0.2) is 42.6 Å². The van der Waals surface area contributed by atoms with Crippen LogP contribution in [0, 0.1) is 6.92 Å². The second kappa shape index (κ2) is 4.96. The molecule has 1 unspecified atom stereocenters. The minimum atomic E-state index is -0.0632. The summed E-state index contributed by atoms with van der Waals surface area (Å²) in [6.07, 6.45) is 4.90. The molecule has 2 aromatic rings. The highest BCUT2D eigenvalue weighted by Gasteiger charge is 2.28. The summed E-state index contributed by atoms with van der Waals surface area (Å²) in [5.74, 6) is 0.143. The van der Waals surface area contributed by atoms with Gasteiger partial charge in [0.1, 0.15) is 0 Å². The van der Waals surface area contributed by atoms with E-state index in [1.807, 2.05) is 36.5 Å². The van der Waals surface area contributed by atoms with Gasteiger partial charge in [0, 0.05) is 11.8 Å². The maximum atomic E-state index is 12.6. The second-order valence-corrected chi connectivity index (χ2v) is 5.23. The van der Waals surface area contributed by atoms with Crippen molar-refractivity contribution in [2.24, 2.45) is 0 Å². The molecule has 3 rings (SSSR count). The minimum absolute atomic E-state index is 0.0632. The lowest BCUT2D eigenvalue weighted by atomic mass is 9.81. The van der Waals surface area contributed by atoms with Crippen LogP contribution in [0.2, 0.25) is 0 Å². The molecule has 0 aliphatic heterocycles. The highest BCUT2D eigenvalue weighted by atomic mass is 16.1. The third-order valence-corrected chi connectivity index (χ3v) is 3.78. The number of carbonyl (C=O) groups is 1. The van der Waals surface area contributed by atoms with E-state index >= 15 is 0 Å². The van der Waals surface area contributed by atoms with Crippen LogP contribution in [0.25, 0.3) is 0 Å². The Morgan fingerprint density at radius 1 is 1.26 bits per heavy atom. The van der Waals surface area contributed by atoms with Gasteiger partial charge in [0.25, 0.3) is 0 Å². The minimum Gasteiger partial charge on any atom is -0.293 e. The fraction of sp³-hybridized carbons (Fsp3) is 0.294. The standard InChI is InChI=1S/C17H17NO/c1-12-10-14-8-5-9-15(16(14)18-11-12)17(19)13-6-3-2-4-7-13/h2-4,6-7,10-11,15H,5,8-9H2,1H3. The number of benzene rings is 1. The zero-order chi connectivity index (χ0) is 13.2. The molecule has 1 aromatic heterocycles. The van der Waals surface area contributed by atoms with Crippen LogP contribution >= 0.6 is 0 Å². The van der Waals surface area contributed by atoms with E-state index in [1.54, 1.807) is 0 Å². The third kappa shape index (κ3) is 2.30. The van der Waals surface area contributed by atoms with E-state index in [0.29, 0.717) is 0 Å². The van der Waals surface area contributed by atoms with Gasteiger partial charge in [0.05, 0.1) is 11.6 Å². The maximum absolute atomic E-state index is 12.6. The molecule has 19 heavy (non-hydrogen) atoms. The lowest BCUT2D eigenvalue weighted by molar-refractivity contribution is 0.0949. The van der Waals surface area contributed by atoms with Crippen molar-refractivity contribution >= 4 is 5.78 Å². The largest absolute Gasteiger partial charge is 0.293 e. The number of fused-ring (bicyclic) bond motifs is 1. The van der Waals surface area contributed by atoms with Gasteiger partial charge in [-0.15, -0.1) is 0 Å². The highest BCUT2D eigenvalue weighted by Crippen LogP contribution is 2.32. The van der Waals surface area contributed by atoms with Crippen molar-refractivity contribution < 1.29 is 4.79 Å². The van der Waals surface area contributed by atoms with Gasteiger partial charge in [-0.3, -0.25) is 9.78 Å². The van der Waals surface area contributed by atoms with Gasteiger partial charge in [-0.1, -0.05) is 36.4 Å². The van der Waals surface area contributed by atoms with Gasteiger partial charge in [0.2, 0.25) is 0 Å². The fourth-order valence-electron chi connectivity index (χ4n) is 2.85. The summed E-state index contributed by atoms with van der Waals surface area (Å²) in [4.78, 5) is 17.1. The first-order valence-electron chi connectivity index (χ1n) is 6.80. The van der Waals surface area contributed by atoms with E-state index in [2.05, 4.69) is 18.0 Å². The third-order valence-electron chi connectivity index (χ3n) is 3.78.